The van der Waals surface area contributed by atoms with Crippen molar-refractivity contribution in [1.82, 2.24) is 0 Å². The van der Waals surface area contributed by atoms with Crippen LogP contribution in [0, 0.1) is 5.82 Å². The Bertz CT molecular complexity index is 963. The Balaban J connectivity index is 1.58. The topological polar surface area (TPSA) is 55.4 Å². The van der Waals surface area contributed by atoms with Crippen molar-refractivity contribution in [3.63, 3.8) is 0 Å². The molecule has 28 heavy (non-hydrogen) atoms. The van der Waals surface area contributed by atoms with Gasteiger partial charge in [-0.15, -0.1) is 11.8 Å². The molecule has 0 saturated carbocycles. The molecule has 142 valence electrons. The number of esters is 1. The first-order valence-corrected chi connectivity index (χ1v) is 9.63. The molecule has 0 unspecified atom stereocenters. The molecule has 0 atom stereocenters. The molecule has 1 amide bonds. The second-order valence-corrected chi connectivity index (χ2v) is 6.92. The summed E-state index contributed by atoms with van der Waals surface area (Å²) in [4.78, 5) is 25.2. The summed E-state index contributed by atoms with van der Waals surface area (Å²) in [7, 11) is 0. The van der Waals surface area contributed by atoms with E-state index >= 15 is 0 Å². The molecule has 0 aliphatic heterocycles. The predicted octanol–water partition coefficient (Wildman–Crippen LogP) is 5.03. The van der Waals surface area contributed by atoms with Crippen LogP contribution >= 0.6 is 11.8 Å². The first kappa shape index (κ1) is 19.6. The molecule has 0 fully saturated rings. The first-order valence-electron chi connectivity index (χ1n) is 8.65. The quantitative estimate of drug-likeness (QED) is 0.346. The highest BCUT2D eigenvalue weighted by molar-refractivity contribution is 7.99. The van der Waals surface area contributed by atoms with E-state index in [0.29, 0.717) is 21.9 Å². The number of hydrogen-bond donors (Lipinski definition) is 1. The maximum Gasteiger partial charge on any atom is 0.340 e. The lowest BCUT2D eigenvalue weighted by Gasteiger charge is -2.11. The van der Waals surface area contributed by atoms with Gasteiger partial charge in [-0.3, -0.25) is 4.79 Å². The van der Waals surface area contributed by atoms with Gasteiger partial charge in [0.1, 0.15) is 12.4 Å². The van der Waals surface area contributed by atoms with Crippen molar-refractivity contribution in [1.29, 1.82) is 0 Å². The lowest BCUT2D eigenvalue weighted by Crippen LogP contribution is -2.16. The fourth-order valence-corrected chi connectivity index (χ4v) is 3.25. The van der Waals surface area contributed by atoms with E-state index in [4.69, 9.17) is 4.74 Å². The SMILES string of the molecule is O=C(Nc1ccccc1C(=O)OCCSc1ccccc1F)c1ccccc1. The summed E-state index contributed by atoms with van der Waals surface area (Å²) >= 11 is 1.27. The Morgan fingerprint density at radius 2 is 1.57 bits per heavy atom. The van der Waals surface area contributed by atoms with Gasteiger partial charge in [-0.1, -0.05) is 42.5 Å². The lowest BCUT2D eigenvalue weighted by molar-refractivity contribution is 0.0531. The minimum Gasteiger partial charge on any atom is -0.461 e. The molecule has 0 spiro atoms. The van der Waals surface area contributed by atoms with Gasteiger partial charge in [0.25, 0.3) is 5.91 Å². The third-order valence-corrected chi connectivity index (χ3v) is 4.85. The van der Waals surface area contributed by atoms with Gasteiger partial charge in [-0.25, -0.2) is 9.18 Å². The molecule has 0 radical (unpaired) electrons. The van der Waals surface area contributed by atoms with E-state index in [1.165, 1.54) is 17.8 Å². The number of para-hydroxylation sites is 1. The van der Waals surface area contributed by atoms with Gasteiger partial charge >= 0.3 is 5.97 Å². The maximum absolute atomic E-state index is 13.6. The standard InChI is InChI=1S/C22H18FNO3S/c23-18-11-5-7-13-20(18)28-15-14-27-22(26)17-10-4-6-12-19(17)24-21(25)16-8-2-1-3-9-16/h1-13H,14-15H2,(H,24,25). The van der Waals surface area contributed by atoms with Crippen molar-refractivity contribution in [2.75, 3.05) is 17.7 Å². The van der Waals surface area contributed by atoms with E-state index in [1.54, 1.807) is 66.7 Å². The molecule has 1 N–H and O–H groups in total. The normalized spacial score (nSPS) is 10.3. The highest BCUT2D eigenvalue weighted by Crippen LogP contribution is 2.21. The van der Waals surface area contributed by atoms with Crippen molar-refractivity contribution >= 4 is 29.3 Å². The molecule has 3 aromatic carbocycles. The molecule has 0 aliphatic carbocycles. The Kier molecular flexibility index (Phi) is 6.81. The third kappa shape index (κ3) is 5.20. The number of anilines is 1. The molecule has 6 heteroatoms. The number of nitrogens with one attached hydrogen (secondary N) is 1. The van der Waals surface area contributed by atoms with E-state index in [0.717, 1.165) is 0 Å². The summed E-state index contributed by atoms with van der Waals surface area (Å²) < 4.78 is 18.9. The zero-order valence-corrected chi connectivity index (χ0v) is 15.7. The van der Waals surface area contributed by atoms with Crippen LogP contribution in [0.2, 0.25) is 0 Å². The van der Waals surface area contributed by atoms with Crippen LogP contribution in [0.4, 0.5) is 10.1 Å². The zero-order valence-electron chi connectivity index (χ0n) is 14.9. The number of thioether (sulfide) groups is 1. The smallest absolute Gasteiger partial charge is 0.340 e. The number of carbonyl (C=O) groups excluding carboxylic acids is 2. The molecule has 0 bridgehead atoms. The minimum atomic E-state index is -0.543. The fourth-order valence-electron chi connectivity index (χ4n) is 2.48. The van der Waals surface area contributed by atoms with Gasteiger partial charge in [-0.2, -0.15) is 0 Å². The average Bonchev–Trinajstić information content (AvgIpc) is 2.73. The number of benzene rings is 3. The molecular weight excluding hydrogens is 377 g/mol. The van der Waals surface area contributed by atoms with Crippen LogP contribution in [0.15, 0.2) is 83.8 Å². The lowest BCUT2D eigenvalue weighted by atomic mass is 10.1. The van der Waals surface area contributed by atoms with Crippen molar-refractivity contribution in [3.8, 4) is 0 Å². The van der Waals surface area contributed by atoms with Crippen LogP contribution in [-0.2, 0) is 4.74 Å². The largest absolute Gasteiger partial charge is 0.461 e. The van der Waals surface area contributed by atoms with Crippen molar-refractivity contribution in [3.05, 3.63) is 95.8 Å². The van der Waals surface area contributed by atoms with E-state index in [2.05, 4.69) is 5.32 Å². The fraction of sp³-hybridized carbons (Fsp3) is 0.0909. The maximum atomic E-state index is 13.6. The number of amides is 1. The second kappa shape index (κ2) is 9.71. The van der Waals surface area contributed by atoms with Crippen LogP contribution < -0.4 is 5.32 Å². The van der Waals surface area contributed by atoms with Gasteiger partial charge in [0.15, 0.2) is 0 Å². The highest BCUT2D eigenvalue weighted by atomic mass is 32.2. The van der Waals surface area contributed by atoms with Gasteiger partial charge in [0.2, 0.25) is 0 Å². The molecule has 4 nitrogen and oxygen atoms in total. The summed E-state index contributed by atoms with van der Waals surface area (Å²) in [6, 6.07) is 21.8. The summed E-state index contributed by atoms with van der Waals surface area (Å²) in [5.74, 6) is -0.729. The van der Waals surface area contributed by atoms with Gasteiger partial charge in [0, 0.05) is 16.2 Å². The molecule has 0 aromatic heterocycles. The number of rotatable bonds is 7. The Hall–Kier alpha value is -3.12. The van der Waals surface area contributed by atoms with Crippen molar-refractivity contribution in [2.24, 2.45) is 0 Å². The number of ether oxygens (including phenoxy) is 1. The van der Waals surface area contributed by atoms with Crippen molar-refractivity contribution in [2.45, 2.75) is 4.90 Å². The van der Waals surface area contributed by atoms with Gasteiger partial charge in [0.05, 0.1) is 11.3 Å². The molecular formula is C22H18FNO3S. The van der Waals surface area contributed by atoms with E-state index in [1.807, 2.05) is 6.07 Å². The number of hydrogen-bond acceptors (Lipinski definition) is 4. The average molecular weight is 395 g/mol. The highest BCUT2D eigenvalue weighted by Gasteiger charge is 2.15. The molecule has 0 heterocycles. The number of carbonyl (C=O) groups is 2. The van der Waals surface area contributed by atoms with Crippen LogP contribution in [0.5, 0.6) is 0 Å². The Morgan fingerprint density at radius 1 is 0.893 bits per heavy atom. The van der Waals surface area contributed by atoms with E-state index in [-0.39, 0.29) is 23.9 Å². The first-order chi connectivity index (χ1) is 13.6. The summed E-state index contributed by atoms with van der Waals surface area (Å²) in [6.07, 6.45) is 0. The summed E-state index contributed by atoms with van der Waals surface area (Å²) in [5.41, 5.74) is 1.14. The van der Waals surface area contributed by atoms with Crippen LogP contribution in [-0.4, -0.2) is 24.2 Å². The molecule has 3 aromatic rings. The Morgan fingerprint density at radius 3 is 2.36 bits per heavy atom. The minimum absolute atomic E-state index is 0.124. The predicted molar refractivity (Wildman–Crippen MR) is 108 cm³/mol. The van der Waals surface area contributed by atoms with Crippen LogP contribution in [0.3, 0.4) is 0 Å². The van der Waals surface area contributed by atoms with E-state index in [9.17, 15) is 14.0 Å². The van der Waals surface area contributed by atoms with Crippen LogP contribution in [0.1, 0.15) is 20.7 Å². The van der Waals surface area contributed by atoms with Gasteiger partial charge < -0.3 is 10.1 Å². The zero-order chi connectivity index (χ0) is 19.8. The monoisotopic (exact) mass is 395 g/mol. The Labute approximate surface area is 166 Å². The summed E-state index contributed by atoms with van der Waals surface area (Å²) in [5, 5.41) is 2.74. The molecule has 0 saturated heterocycles. The molecule has 0 aliphatic rings. The van der Waals surface area contributed by atoms with Gasteiger partial charge in [-0.05, 0) is 36.4 Å². The third-order valence-electron chi connectivity index (χ3n) is 3.84. The second-order valence-electron chi connectivity index (χ2n) is 5.78. The number of halogens is 1. The summed E-state index contributed by atoms with van der Waals surface area (Å²) in [6.45, 7) is 0.124. The van der Waals surface area contributed by atoms with Crippen molar-refractivity contribution < 1.29 is 18.7 Å². The van der Waals surface area contributed by atoms with E-state index < -0.39 is 5.97 Å². The van der Waals surface area contributed by atoms with Crippen LogP contribution in [0.25, 0.3) is 0 Å². The molecule has 3 rings (SSSR count).